The quantitative estimate of drug-likeness (QED) is 0.756. The molecule has 2 saturated heterocycles. The third kappa shape index (κ3) is 4.26. The number of carbonyl (C=O) groups excluding carboxylic acids is 1. The molecule has 0 radical (unpaired) electrons. The molecule has 0 aliphatic carbocycles. The first kappa shape index (κ1) is 17.6. The van der Waals surface area contributed by atoms with E-state index in [1.54, 1.807) is 0 Å². The molecule has 3 heterocycles. The molecule has 0 saturated carbocycles. The van der Waals surface area contributed by atoms with Gasteiger partial charge < -0.3 is 14.4 Å². The number of morpholine rings is 1. The van der Waals surface area contributed by atoms with E-state index in [1.165, 1.54) is 24.2 Å². The molecule has 6 nitrogen and oxygen atoms in total. The monoisotopic (exact) mass is 353 g/mol. The minimum absolute atomic E-state index is 0.249. The Hall–Kier alpha value is -1.18. The summed E-state index contributed by atoms with van der Waals surface area (Å²) in [6, 6.07) is 0. The molecule has 2 fully saturated rings. The molecule has 1 aromatic rings. The third-order valence-corrected chi connectivity index (χ3v) is 5.85. The number of hydrogen-bond acceptors (Lipinski definition) is 7. The number of aryl methyl sites for hydroxylation is 1. The Labute approximate surface area is 147 Å². The van der Waals surface area contributed by atoms with Crippen LogP contribution in [0, 0.1) is 12.8 Å². The number of aromatic nitrogens is 1. The van der Waals surface area contributed by atoms with Crippen LogP contribution in [0.25, 0.3) is 0 Å². The maximum Gasteiger partial charge on any atom is 0.350 e. The first-order chi connectivity index (χ1) is 11.7. The van der Waals surface area contributed by atoms with Crippen molar-refractivity contribution in [2.24, 2.45) is 5.92 Å². The number of esters is 1. The lowest BCUT2D eigenvalue weighted by atomic mass is 9.97. The molecule has 3 rings (SSSR count). The Morgan fingerprint density at radius 1 is 1.38 bits per heavy atom. The van der Waals surface area contributed by atoms with Crippen LogP contribution in [0.1, 0.15) is 35.1 Å². The minimum Gasteiger partial charge on any atom is -0.462 e. The summed E-state index contributed by atoms with van der Waals surface area (Å²) in [6.07, 6.45) is 2.45. The molecule has 2 aliphatic rings. The van der Waals surface area contributed by atoms with Gasteiger partial charge in [0.1, 0.15) is 4.88 Å². The highest BCUT2D eigenvalue weighted by atomic mass is 32.1. The van der Waals surface area contributed by atoms with E-state index in [2.05, 4.69) is 14.8 Å². The number of hydrogen-bond donors (Lipinski definition) is 0. The summed E-state index contributed by atoms with van der Waals surface area (Å²) < 4.78 is 10.6. The molecule has 0 amide bonds. The van der Waals surface area contributed by atoms with Crippen LogP contribution >= 0.6 is 11.3 Å². The highest BCUT2D eigenvalue weighted by Gasteiger charge is 2.26. The molecule has 1 aromatic heterocycles. The van der Waals surface area contributed by atoms with Crippen LogP contribution in [-0.2, 0) is 9.47 Å². The second-order valence-electron chi connectivity index (χ2n) is 6.50. The van der Waals surface area contributed by atoms with Crippen molar-refractivity contribution in [2.45, 2.75) is 26.7 Å². The lowest BCUT2D eigenvalue weighted by molar-refractivity contribution is 0.0296. The van der Waals surface area contributed by atoms with Gasteiger partial charge in [0.2, 0.25) is 0 Å². The fourth-order valence-electron chi connectivity index (χ4n) is 3.44. The van der Waals surface area contributed by atoms with E-state index in [4.69, 9.17) is 9.47 Å². The zero-order chi connectivity index (χ0) is 16.9. The molecule has 134 valence electrons. The van der Waals surface area contributed by atoms with E-state index >= 15 is 0 Å². The Morgan fingerprint density at radius 3 is 2.92 bits per heavy atom. The molecular formula is C17H27N3O3S. The number of rotatable bonds is 5. The summed E-state index contributed by atoms with van der Waals surface area (Å²) in [5.74, 6) is 0.410. The average molecular weight is 353 g/mol. The molecule has 1 atom stereocenters. The number of carbonyl (C=O) groups is 1. The smallest absolute Gasteiger partial charge is 0.350 e. The molecule has 24 heavy (non-hydrogen) atoms. The first-order valence-corrected chi connectivity index (χ1v) is 9.68. The second-order valence-corrected chi connectivity index (χ2v) is 7.48. The molecule has 0 aromatic carbocycles. The number of anilines is 1. The number of piperidine rings is 1. The third-order valence-electron chi connectivity index (χ3n) is 4.66. The van der Waals surface area contributed by atoms with E-state index < -0.39 is 0 Å². The molecular weight excluding hydrogens is 326 g/mol. The van der Waals surface area contributed by atoms with E-state index in [0.29, 0.717) is 17.4 Å². The Bertz CT molecular complexity index is 557. The van der Waals surface area contributed by atoms with Crippen molar-refractivity contribution in [3.8, 4) is 0 Å². The van der Waals surface area contributed by atoms with Crippen molar-refractivity contribution >= 4 is 22.4 Å². The normalized spacial score (nSPS) is 22.6. The van der Waals surface area contributed by atoms with Crippen LogP contribution < -0.4 is 4.90 Å². The van der Waals surface area contributed by atoms with Gasteiger partial charge in [0.25, 0.3) is 0 Å². The van der Waals surface area contributed by atoms with Crippen molar-refractivity contribution in [3.63, 3.8) is 0 Å². The Kier molecular flexibility index (Phi) is 6.08. The highest BCUT2D eigenvalue weighted by molar-refractivity contribution is 7.17. The van der Waals surface area contributed by atoms with Gasteiger partial charge >= 0.3 is 5.97 Å². The summed E-state index contributed by atoms with van der Waals surface area (Å²) in [6.45, 7) is 11.1. The van der Waals surface area contributed by atoms with Crippen LogP contribution in [0.5, 0.6) is 0 Å². The van der Waals surface area contributed by atoms with Crippen LogP contribution in [0.3, 0.4) is 0 Å². The van der Waals surface area contributed by atoms with Gasteiger partial charge in [0, 0.05) is 32.7 Å². The fraction of sp³-hybridized carbons (Fsp3) is 0.765. The van der Waals surface area contributed by atoms with Gasteiger partial charge in [0.15, 0.2) is 5.13 Å². The predicted molar refractivity (Wildman–Crippen MR) is 95.0 cm³/mol. The number of thiazole rings is 1. The average Bonchev–Trinajstić information content (AvgIpc) is 2.98. The fourth-order valence-corrected chi connectivity index (χ4v) is 4.44. The van der Waals surface area contributed by atoms with Gasteiger partial charge in [-0.15, -0.1) is 0 Å². The largest absolute Gasteiger partial charge is 0.462 e. The SMILES string of the molecule is CCOC(=O)c1sc(N2CCCC(CN3CCOCC3)C2)nc1C. The van der Waals surface area contributed by atoms with Crippen molar-refractivity contribution in [1.29, 1.82) is 0 Å². The summed E-state index contributed by atoms with van der Waals surface area (Å²) in [5.41, 5.74) is 0.781. The molecule has 0 N–H and O–H groups in total. The van der Waals surface area contributed by atoms with Crippen LogP contribution in [0.4, 0.5) is 5.13 Å². The topological polar surface area (TPSA) is 54.9 Å². The van der Waals surface area contributed by atoms with Crippen LogP contribution in [-0.4, -0.2) is 68.4 Å². The van der Waals surface area contributed by atoms with Gasteiger partial charge in [0.05, 0.1) is 25.5 Å². The second kappa shape index (κ2) is 8.27. The predicted octanol–water partition coefficient (Wildman–Crippen LogP) is 2.18. The zero-order valence-electron chi connectivity index (χ0n) is 14.6. The minimum atomic E-state index is -0.249. The lowest BCUT2D eigenvalue weighted by Crippen LogP contribution is -2.44. The number of ether oxygens (including phenoxy) is 2. The highest BCUT2D eigenvalue weighted by Crippen LogP contribution is 2.30. The molecule has 0 spiro atoms. The number of nitrogens with zero attached hydrogens (tertiary/aromatic N) is 3. The Morgan fingerprint density at radius 2 is 2.17 bits per heavy atom. The van der Waals surface area contributed by atoms with Crippen LogP contribution in [0.2, 0.25) is 0 Å². The summed E-state index contributed by atoms with van der Waals surface area (Å²) in [5, 5.41) is 0.960. The van der Waals surface area contributed by atoms with Gasteiger partial charge in [-0.2, -0.15) is 0 Å². The molecule has 2 aliphatic heterocycles. The van der Waals surface area contributed by atoms with Gasteiger partial charge in [-0.1, -0.05) is 11.3 Å². The van der Waals surface area contributed by atoms with E-state index in [0.717, 1.165) is 56.8 Å². The molecule has 1 unspecified atom stereocenters. The van der Waals surface area contributed by atoms with Crippen molar-refractivity contribution in [2.75, 3.05) is 57.4 Å². The van der Waals surface area contributed by atoms with Gasteiger partial charge in [-0.25, -0.2) is 9.78 Å². The van der Waals surface area contributed by atoms with Crippen molar-refractivity contribution in [3.05, 3.63) is 10.6 Å². The van der Waals surface area contributed by atoms with Gasteiger partial charge in [-0.05, 0) is 32.6 Å². The lowest BCUT2D eigenvalue weighted by Gasteiger charge is -2.36. The van der Waals surface area contributed by atoms with E-state index in [1.807, 2.05) is 13.8 Å². The summed E-state index contributed by atoms with van der Waals surface area (Å²) >= 11 is 1.47. The van der Waals surface area contributed by atoms with E-state index in [-0.39, 0.29) is 5.97 Å². The van der Waals surface area contributed by atoms with E-state index in [9.17, 15) is 4.79 Å². The Balaban J connectivity index is 1.62. The zero-order valence-corrected chi connectivity index (χ0v) is 15.4. The summed E-state index contributed by atoms with van der Waals surface area (Å²) in [4.78, 5) is 22.1. The maximum absolute atomic E-state index is 12.0. The standard InChI is InChI=1S/C17H27N3O3S/c1-3-23-16(21)15-13(2)18-17(24-15)20-6-4-5-14(12-20)11-19-7-9-22-10-8-19/h14H,3-12H2,1-2H3. The van der Waals surface area contributed by atoms with Gasteiger partial charge in [-0.3, -0.25) is 4.90 Å². The van der Waals surface area contributed by atoms with Crippen molar-refractivity contribution in [1.82, 2.24) is 9.88 Å². The molecule has 7 heteroatoms. The molecule has 0 bridgehead atoms. The van der Waals surface area contributed by atoms with Crippen molar-refractivity contribution < 1.29 is 14.3 Å². The summed E-state index contributed by atoms with van der Waals surface area (Å²) in [7, 11) is 0. The van der Waals surface area contributed by atoms with Crippen LogP contribution in [0.15, 0.2) is 0 Å². The first-order valence-electron chi connectivity index (χ1n) is 8.87. The maximum atomic E-state index is 12.0.